The minimum absolute atomic E-state index is 0.0487. The lowest BCUT2D eigenvalue weighted by atomic mass is 9.89. The van der Waals surface area contributed by atoms with E-state index >= 15 is 0 Å². The molecule has 1 N–H and O–H groups in total. The van der Waals surface area contributed by atoms with Crippen LogP contribution in [0.5, 0.6) is 5.75 Å². The zero-order valence-electron chi connectivity index (χ0n) is 18.0. The molecule has 0 saturated carbocycles. The first-order valence-electron chi connectivity index (χ1n) is 10.5. The Kier molecular flexibility index (Phi) is 6.08. The van der Waals surface area contributed by atoms with Gasteiger partial charge in [0.05, 0.1) is 6.61 Å². The number of ether oxygens (including phenoxy) is 2. The molecule has 2 aromatic rings. The van der Waals surface area contributed by atoms with Gasteiger partial charge in [-0.3, -0.25) is 0 Å². The first-order chi connectivity index (χ1) is 15.8. The molecule has 2 aliphatic rings. The van der Waals surface area contributed by atoms with Crippen LogP contribution in [0.3, 0.4) is 0 Å². The van der Waals surface area contributed by atoms with E-state index in [2.05, 4.69) is 4.74 Å². The van der Waals surface area contributed by atoms with Gasteiger partial charge in [-0.05, 0) is 31.2 Å². The van der Waals surface area contributed by atoms with Gasteiger partial charge in [-0.2, -0.15) is 22.0 Å². The Morgan fingerprint density at radius 2 is 1.76 bits per heavy atom. The maximum Gasteiger partial charge on any atom is 0.456 e. The maximum atomic E-state index is 14.6. The van der Waals surface area contributed by atoms with E-state index in [1.54, 1.807) is 6.92 Å². The van der Waals surface area contributed by atoms with E-state index in [1.807, 2.05) is 0 Å². The van der Waals surface area contributed by atoms with E-state index in [-0.39, 0.29) is 40.7 Å². The lowest BCUT2D eigenvalue weighted by molar-refractivity contribution is -0.838. The number of nitrogens with zero attached hydrogens (tertiary/aromatic N) is 1. The van der Waals surface area contributed by atoms with E-state index in [0.717, 1.165) is 12.1 Å². The number of hydrogen-bond donors (Lipinski definition) is 1. The number of hydrogen-bond acceptors (Lipinski definition) is 3. The van der Waals surface area contributed by atoms with Crippen LogP contribution in [0.15, 0.2) is 42.5 Å². The molecule has 4 atom stereocenters. The number of alkyl halides is 5. The van der Waals surface area contributed by atoms with Gasteiger partial charge in [0.15, 0.2) is 12.2 Å². The van der Waals surface area contributed by atoms with Crippen LogP contribution in [0.4, 0.5) is 36.4 Å². The lowest BCUT2D eigenvalue weighted by Crippen LogP contribution is -3.06. The van der Waals surface area contributed by atoms with Crippen LogP contribution in [-0.4, -0.2) is 51.1 Å². The predicted octanol–water partition coefficient (Wildman–Crippen LogP) is 3.52. The van der Waals surface area contributed by atoms with Crippen molar-refractivity contribution < 1.29 is 45.3 Å². The second kappa shape index (κ2) is 8.36. The third-order valence-corrected chi connectivity index (χ3v) is 6.69. The number of nitrogens with one attached hydrogen (secondary N) is 1. The van der Waals surface area contributed by atoms with Crippen LogP contribution >= 0.6 is 0 Å². The Hall–Kier alpha value is -2.41. The van der Waals surface area contributed by atoms with Gasteiger partial charge in [0.2, 0.25) is 6.67 Å². The average molecular weight is 495 g/mol. The predicted molar refractivity (Wildman–Crippen MR) is 107 cm³/mol. The van der Waals surface area contributed by atoms with Crippen LogP contribution < -0.4 is 14.3 Å². The van der Waals surface area contributed by atoms with Gasteiger partial charge in [-0.15, -0.1) is 0 Å². The van der Waals surface area contributed by atoms with E-state index in [9.17, 15) is 35.9 Å². The second-order valence-corrected chi connectivity index (χ2v) is 8.67. The summed E-state index contributed by atoms with van der Waals surface area (Å²) in [4.78, 5) is 0. The summed E-state index contributed by atoms with van der Waals surface area (Å²) in [6.45, 7) is 0.705. The summed E-state index contributed by atoms with van der Waals surface area (Å²) in [5.74, 6) is -6.73. The molecular weight excluding hydrogens is 473 g/mol. The Morgan fingerprint density at radius 3 is 2.26 bits per heavy atom. The molecule has 2 heterocycles. The average Bonchev–Trinajstić information content (AvgIpc) is 3.46. The molecule has 0 bridgehead atoms. The SMILES string of the molecule is C[C@H]([C@]1(c2ccc(F)cc2F)CO1)[N+]1(c2ccc(OCC(F)(F)C(F)(F)F)cc2)CC[NH+]([O-])C1. The van der Waals surface area contributed by atoms with Crippen molar-refractivity contribution in [1.82, 2.24) is 4.48 Å². The molecule has 186 valence electrons. The highest BCUT2D eigenvalue weighted by atomic mass is 19.4. The molecule has 34 heavy (non-hydrogen) atoms. The molecule has 4 rings (SSSR count). The molecule has 12 heteroatoms. The fraction of sp³-hybridized carbons (Fsp3) is 0.455. The van der Waals surface area contributed by atoms with Gasteiger partial charge in [0, 0.05) is 23.8 Å². The van der Waals surface area contributed by atoms with Crippen LogP contribution in [0.25, 0.3) is 0 Å². The fourth-order valence-corrected chi connectivity index (χ4v) is 4.60. The summed E-state index contributed by atoms with van der Waals surface area (Å²) in [5.41, 5.74) is -0.384. The zero-order valence-corrected chi connectivity index (χ0v) is 18.0. The minimum Gasteiger partial charge on any atom is -0.630 e. The highest BCUT2D eigenvalue weighted by Gasteiger charge is 2.63. The van der Waals surface area contributed by atoms with Crippen molar-refractivity contribution in [1.29, 1.82) is 0 Å². The van der Waals surface area contributed by atoms with E-state index in [0.29, 0.717) is 12.2 Å². The number of rotatable bonds is 7. The molecule has 0 radical (unpaired) electrons. The zero-order chi connectivity index (χ0) is 24.9. The summed E-state index contributed by atoms with van der Waals surface area (Å²) in [5, 5.41) is 12.3. The molecule has 0 amide bonds. The first-order valence-corrected chi connectivity index (χ1v) is 10.5. The van der Waals surface area contributed by atoms with Crippen molar-refractivity contribution >= 4 is 5.69 Å². The Balaban J connectivity index is 1.61. The number of hydroxylamine groups is 2. The monoisotopic (exact) mass is 495 g/mol. The van der Waals surface area contributed by atoms with E-state index in [1.165, 1.54) is 30.3 Å². The molecule has 5 nitrogen and oxygen atoms in total. The summed E-state index contributed by atoms with van der Waals surface area (Å²) in [6.07, 6.45) is -5.73. The summed E-state index contributed by atoms with van der Waals surface area (Å²) in [6, 6.07) is 8.14. The molecule has 2 unspecified atom stereocenters. The highest BCUT2D eigenvalue weighted by molar-refractivity contribution is 5.49. The third kappa shape index (κ3) is 4.23. The van der Waals surface area contributed by atoms with Crippen molar-refractivity contribution in [2.45, 2.75) is 30.7 Å². The fourth-order valence-electron chi connectivity index (χ4n) is 4.60. The Morgan fingerprint density at radius 1 is 1.12 bits per heavy atom. The highest BCUT2D eigenvalue weighted by Crippen LogP contribution is 2.49. The van der Waals surface area contributed by atoms with Crippen molar-refractivity contribution in [2.24, 2.45) is 0 Å². The molecule has 0 aromatic heterocycles. The number of epoxide rings is 1. The normalized spacial score (nSPS) is 28.1. The van der Waals surface area contributed by atoms with E-state index in [4.69, 9.17) is 4.74 Å². The maximum absolute atomic E-state index is 14.6. The number of quaternary nitrogens is 2. The summed E-state index contributed by atoms with van der Waals surface area (Å²) >= 11 is 0. The van der Waals surface area contributed by atoms with Crippen molar-refractivity contribution in [3.63, 3.8) is 0 Å². The van der Waals surface area contributed by atoms with E-state index < -0.39 is 42.0 Å². The van der Waals surface area contributed by atoms with Gasteiger partial charge in [0.1, 0.15) is 42.2 Å². The second-order valence-electron chi connectivity index (χ2n) is 8.67. The smallest absolute Gasteiger partial charge is 0.456 e. The number of benzene rings is 2. The van der Waals surface area contributed by atoms with Gasteiger partial charge >= 0.3 is 12.1 Å². The molecule has 2 saturated heterocycles. The molecular formula is C22H22F7N2O3+. The topological polar surface area (TPSA) is 49.3 Å². The summed E-state index contributed by atoms with van der Waals surface area (Å²) < 4.78 is 102. The van der Waals surface area contributed by atoms with Crippen LogP contribution in [0.2, 0.25) is 0 Å². The minimum atomic E-state index is -5.73. The van der Waals surface area contributed by atoms with Crippen LogP contribution in [-0.2, 0) is 10.3 Å². The van der Waals surface area contributed by atoms with Crippen molar-refractivity contribution in [3.05, 3.63) is 64.9 Å². The largest absolute Gasteiger partial charge is 0.630 e. The Labute approximate surface area is 190 Å². The van der Waals surface area contributed by atoms with Crippen molar-refractivity contribution in [2.75, 3.05) is 33.0 Å². The van der Waals surface area contributed by atoms with Gasteiger partial charge in [-0.25, -0.2) is 13.3 Å². The third-order valence-electron chi connectivity index (χ3n) is 6.69. The molecule has 2 aromatic carbocycles. The molecule has 0 aliphatic carbocycles. The lowest BCUT2D eigenvalue weighted by Gasteiger charge is -2.40. The van der Waals surface area contributed by atoms with Crippen LogP contribution in [0, 0.1) is 16.8 Å². The quantitative estimate of drug-likeness (QED) is 0.277. The van der Waals surface area contributed by atoms with Gasteiger partial charge in [-0.1, -0.05) is 0 Å². The molecule has 0 spiro atoms. The molecule has 2 aliphatic heterocycles. The van der Waals surface area contributed by atoms with Crippen LogP contribution in [0.1, 0.15) is 12.5 Å². The number of halogens is 7. The van der Waals surface area contributed by atoms with Gasteiger partial charge < -0.3 is 19.7 Å². The summed E-state index contributed by atoms with van der Waals surface area (Å²) in [7, 11) is 0. The van der Waals surface area contributed by atoms with Gasteiger partial charge in [0.25, 0.3) is 0 Å². The standard InChI is InChI=1S/C22H22F7N2O3/c1-14(20(11-34-20)18-7-2-15(23)10-19(18)24)31(9-8-30(32)13-31)16-3-5-17(6-4-16)33-12-21(25,26)22(27,28)29/h2-7,10,14,30H,8-9,11-13H2,1H3/q+1/t14-,20+,31?/m1/s1. The Bertz CT molecular complexity index is 1040. The first kappa shape index (κ1) is 24.7. The molecule has 2 fully saturated rings. The van der Waals surface area contributed by atoms with Crippen molar-refractivity contribution in [3.8, 4) is 5.75 Å².